The van der Waals surface area contributed by atoms with Crippen LogP contribution in [0.4, 0.5) is 0 Å². The molecule has 0 aliphatic carbocycles. The van der Waals surface area contributed by atoms with Crippen molar-refractivity contribution in [2.24, 2.45) is 7.05 Å². The maximum Gasteiger partial charge on any atom is 0.263 e. The molecule has 0 saturated carbocycles. The summed E-state index contributed by atoms with van der Waals surface area (Å²) >= 11 is 1.45. The van der Waals surface area contributed by atoms with E-state index in [1.165, 1.54) is 11.3 Å². The van der Waals surface area contributed by atoms with Gasteiger partial charge in [0, 0.05) is 37.5 Å². The lowest BCUT2D eigenvalue weighted by Crippen LogP contribution is -2.25. The van der Waals surface area contributed by atoms with Crippen LogP contribution < -0.4 is 4.74 Å². The monoisotopic (exact) mass is 369 g/mol. The van der Waals surface area contributed by atoms with Crippen molar-refractivity contribution < 1.29 is 9.53 Å². The minimum atomic E-state index is 0.0143. The normalized spacial score (nSPS) is 10.8. The van der Waals surface area contributed by atoms with E-state index in [9.17, 15) is 4.79 Å². The van der Waals surface area contributed by atoms with Crippen molar-refractivity contribution in [1.82, 2.24) is 14.7 Å². The van der Waals surface area contributed by atoms with Crippen LogP contribution in [0.2, 0.25) is 0 Å². The quantitative estimate of drug-likeness (QED) is 0.661. The topological polar surface area (TPSA) is 47.4 Å². The number of carbonyl (C=O) groups excluding carboxylic acids is 1. The Morgan fingerprint density at radius 3 is 2.77 bits per heavy atom. The van der Waals surface area contributed by atoms with Gasteiger partial charge in [-0.25, -0.2) is 0 Å². The third kappa shape index (κ3) is 3.96. The summed E-state index contributed by atoms with van der Waals surface area (Å²) in [5.74, 6) is 0.885. The molecule has 0 aliphatic rings. The largest absolute Gasteiger partial charge is 0.489 e. The Hall–Kier alpha value is -2.60. The Labute approximate surface area is 157 Å². The van der Waals surface area contributed by atoms with E-state index in [1.807, 2.05) is 74.5 Å². The molecule has 2 aromatic heterocycles. The number of para-hydroxylation sites is 1. The van der Waals surface area contributed by atoms with Gasteiger partial charge in [0.15, 0.2) is 0 Å². The maximum atomic E-state index is 12.7. The molecular weight excluding hydrogens is 346 g/mol. The number of thiophene rings is 1. The molecule has 6 heteroatoms. The van der Waals surface area contributed by atoms with E-state index >= 15 is 0 Å². The summed E-state index contributed by atoms with van der Waals surface area (Å²) in [4.78, 5) is 15.1. The lowest BCUT2D eigenvalue weighted by molar-refractivity contribution is 0.0789. The van der Waals surface area contributed by atoms with Gasteiger partial charge >= 0.3 is 0 Å². The zero-order chi connectivity index (χ0) is 18.7. The summed E-state index contributed by atoms with van der Waals surface area (Å²) in [6.07, 6.45) is 1.81. The van der Waals surface area contributed by atoms with Crippen LogP contribution in [0.15, 0.2) is 41.9 Å². The van der Waals surface area contributed by atoms with Gasteiger partial charge in [0.2, 0.25) is 0 Å². The number of rotatable bonds is 6. The number of amides is 1. The van der Waals surface area contributed by atoms with E-state index < -0.39 is 0 Å². The number of hydrogen-bond donors (Lipinski definition) is 0. The van der Waals surface area contributed by atoms with Crippen LogP contribution in [0, 0.1) is 13.8 Å². The van der Waals surface area contributed by atoms with Crippen LogP contribution in [0.25, 0.3) is 0 Å². The summed E-state index contributed by atoms with van der Waals surface area (Å²) in [6, 6.07) is 9.84. The molecule has 5 nitrogen and oxygen atoms in total. The molecule has 0 aliphatic heterocycles. The molecule has 26 heavy (non-hydrogen) atoms. The molecule has 0 N–H and O–H groups in total. The van der Waals surface area contributed by atoms with Gasteiger partial charge < -0.3 is 9.64 Å². The number of aryl methyl sites for hydroxylation is 2. The van der Waals surface area contributed by atoms with Gasteiger partial charge in [0.1, 0.15) is 12.4 Å². The predicted octanol–water partition coefficient (Wildman–Crippen LogP) is 3.95. The fraction of sp³-hybridized carbons (Fsp3) is 0.300. The first kappa shape index (κ1) is 18.2. The van der Waals surface area contributed by atoms with Crippen molar-refractivity contribution in [2.45, 2.75) is 27.0 Å². The summed E-state index contributed by atoms with van der Waals surface area (Å²) in [7, 11) is 3.72. The van der Waals surface area contributed by atoms with E-state index in [0.717, 1.165) is 33.0 Å². The molecule has 1 amide bonds. The van der Waals surface area contributed by atoms with Gasteiger partial charge in [-0.05, 0) is 36.9 Å². The molecular formula is C20H23N3O2S. The van der Waals surface area contributed by atoms with Crippen molar-refractivity contribution >= 4 is 17.2 Å². The Morgan fingerprint density at radius 2 is 2.08 bits per heavy atom. The number of benzene rings is 1. The molecule has 3 rings (SSSR count). The van der Waals surface area contributed by atoms with Crippen molar-refractivity contribution in [3.63, 3.8) is 0 Å². The number of carbonyl (C=O) groups is 1. The maximum absolute atomic E-state index is 12.7. The lowest BCUT2D eigenvalue weighted by atomic mass is 10.2. The van der Waals surface area contributed by atoms with E-state index in [2.05, 4.69) is 5.10 Å². The molecule has 0 bridgehead atoms. The summed E-state index contributed by atoms with van der Waals surface area (Å²) in [5, 5.41) is 6.21. The minimum absolute atomic E-state index is 0.0143. The molecule has 0 spiro atoms. The first-order valence-electron chi connectivity index (χ1n) is 8.44. The summed E-state index contributed by atoms with van der Waals surface area (Å²) in [5.41, 5.74) is 4.24. The van der Waals surface area contributed by atoms with Gasteiger partial charge in [0.05, 0.1) is 11.1 Å². The number of ether oxygens (including phenoxy) is 1. The van der Waals surface area contributed by atoms with Gasteiger partial charge in [-0.2, -0.15) is 5.10 Å². The average Bonchev–Trinajstić information content (AvgIpc) is 3.22. The minimum Gasteiger partial charge on any atom is -0.489 e. The van der Waals surface area contributed by atoms with Gasteiger partial charge in [-0.1, -0.05) is 18.2 Å². The van der Waals surface area contributed by atoms with E-state index in [4.69, 9.17) is 4.74 Å². The van der Waals surface area contributed by atoms with Crippen molar-refractivity contribution in [3.05, 3.63) is 69.2 Å². The third-order valence-electron chi connectivity index (χ3n) is 4.44. The van der Waals surface area contributed by atoms with Crippen molar-refractivity contribution in [1.29, 1.82) is 0 Å². The number of aromatic nitrogens is 2. The number of hydrogen-bond acceptors (Lipinski definition) is 4. The predicted molar refractivity (Wildman–Crippen MR) is 104 cm³/mol. The van der Waals surface area contributed by atoms with Gasteiger partial charge in [0.25, 0.3) is 5.91 Å². The Bertz CT molecular complexity index is 913. The highest BCUT2D eigenvalue weighted by Crippen LogP contribution is 2.22. The zero-order valence-corrected chi connectivity index (χ0v) is 16.3. The van der Waals surface area contributed by atoms with E-state index in [1.54, 1.807) is 4.90 Å². The third-order valence-corrected chi connectivity index (χ3v) is 5.41. The first-order chi connectivity index (χ1) is 12.5. The molecule has 0 saturated heterocycles. The highest BCUT2D eigenvalue weighted by Gasteiger charge is 2.16. The SMILES string of the molecule is Cc1ccccc1OCc1csc(C(=O)N(C)Cc2cnn(C)c2C)c1. The van der Waals surface area contributed by atoms with E-state index in [0.29, 0.717) is 13.2 Å². The second kappa shape index (κ2) is 7.74. The Morgan fingerprint density at radius 1 is 1.31 bits per heavy atom. The second-order valence-electron chi connectivity index (χ2n) is 6.41. The first-order valence-corrected chi connectivity index (χ1v) is 9.32. The van der Waals surface area contributed by atoms with Crippen LogP contribution in [0.1, 0.15) is 32.1 Å². The Kier molecular flexibility index (Phi) is 5.42. The fourth-order valence-electron chi connectivity index (χ4n) is 2.66. The van der Waals surface area contributed by atoms with Crippen molar-refractivity contribution in [3.8, 4) is 5.75 Å². The molecule has 1 aromatic carbocycles. The van der Waals surface area contributed by atoms with Gasteiger partial charge in [-0.3, -0.25) is 9.48 Å². The standard InChI is InChI=1S/C20H23N3O2S/c1-14-7-5-6-8-18(14)25-12-16-9-19(26-13-16)20(24)22(3)11-17-10-21-23(4)15(17)2/h5-10,13H,11-12H2,1-4H3. The molecule has 0 fully saturated rings. The molecule has 0 atom stereocenters. The van der Waals surface area contributed by atoms with Crippen LogP contribution in [0.3, 0.4) is 0 Å². The molecule has 0 radical (unpaired) electrons. The molecule has 0 unspecified atom stereocenters. The summed E-state index contributed by atoms with van der Waals surface area (Å²) in [6.45, 7) is 5.03. The van der Waals surface area contributed by atoms with E-state index in [-0.39, 0.29) is 5.91 Å². The highest BCUT2D eigenvalue weighted by molar-refractivity contribution is 7.12. The lowest BCUT2D eigenvalue weighted by Gasteiger charge is -2.15. The number of nitrogens with zero attached hydrogens (tertiary/aromatic N) is 3. The summed E-state index contributed by atoms with van der Waals surface area (Å²) < 4.78 is 7.68. The fourth-order valence-corrected chi connectivity index (χ4v) is 3.55. The average molecular weight is 369 g/mol. The van der Waals surface area contributed by atoms with Crippen molar-refractivity contribution in [2.75, 3.05) is 7.05 Å². The van der Waals surface area contributed by atoms with Gasteiger partial charge in [-0.15, -0.1) is 11.3 Å². The molecule has 2 heterocycles. The van der Waals surface area contributed by atoms with Crippen LogP contribution in [0.5, 0.6) is 5.75 Å². The smallest absolute Gasteiger partial charge is 0.263 e. The Balaban J connectivity index is 1.62. The van der Waals surface area contributed by atoms with Crippen LogP contribution in [-0.2, 0) is 20.2 Å². The zero-order valence-electron chi connectivity index (χ0n) is 15.5. The highest BCUT2D eigenvalue weighted by atomic mass is 32.1. The molecule has 3 aromatic rings. The van der Waals surface area contributed by atoms with Crippen LogP contribution >= 0.6 is 11.3 Å². The van der Waals surface area contributed by atoms with Crippen LogP contribution in [-0.4, -0.2) is 27.6 Å². The second-order valence-corrected chi connectivity index (χ2v) is 7.32. The molecule has 136 valence electrons.